The first kappa shape index (κ1) is 15.8. The maximum atomic E-state index is 13.5. The topological polar surface area (TPSA) is 46.9 Å². The Hall–Kier alpha value is -2.66. The van der Waals surface area contributed by atoms with Crippen molar-refractivity contribution in [2.45, 2.75) is 18.9 Å². The standard InChI is InChI=1S/C19H15ClFN3O/c20-18-17(11-22-24(19(18)25)14-4-2-1-3-5-14)23-16-9-7-12-6-8-13(21)10-15(12)16/h1-6,8,10-11,16,23H,7,9H2. The Bertz CT molecular complexity index is 988. The Balaban J connectivity index is 1.66. The van der Waals surface area contributed by atoms with Gasteiger partial charge in [0.1, 0.15) is 10.8 Å². The van der Waals surface area contributed by atoms with Crippen LogP contribution in [0.4, 0.5) is 10.1 Å². The summed E-state index contributed by atoms with van der Waals surface area (Å²) in [5.41, 5.74) is 2.73. The van der Waals surface area contributed by atoms with E-state index in [4.69, 9.17) is 11.6 Å². The third-order valence-corrected chi connectivity index (χ3v) is 4.80. The van der Waals surface area contributed by atoms with Crippen LogP contribution in [-0.2, 0) is 6.42 Å². The molecule has 1 atom stereocenters. The van der Waals surface area contributed by atoms with Crippen LogP contribution in [0.25, 0.3) is 5.69 Å². The predicted molar refractivity (Wildman–Crippen MR) is 95.9 cm³/mol. The minimum atomic E-state index is -0.393. The minimum Gasteiger partial charge on any atom is -0.376 e. The highest BCUT2D eigenvalue weighted by Gasteiger charge is 2.24. The summed E-state index contributed by atoms with van der Waals surface area (Å²) < 4.78 is 14.8. The minimum absolute atomic E-state index is 0.0729. The van der Waals surface area contributed by atoms with Crippen molar-refractivity contribution in [1.29, 1.82) is 0 Å². The van der Waals surface area contributed by atoms with Gasteiger partial charge in [0.2, 0.25) is 0 Å². The van der Waals surface area contributed by atoms with Crippen LogP contribution in [0.5, 0.6) is 0 Å². The summed E-state index contributed by atoms with van der Waals surface area (Å²) in [5.74, 6) is -0.267. The van der Waals surface area contributed by atoms with E-state index in [1.165, 1.54) is 23.0 Å². The molecule has 126 valence electrons. The van der Waals surface area contributed by atoms with Gasteiger partial charge in [-0.3, -0.25) is 4.79 Å². The zero-order chi connectivity index (χ0) is 17.4. The van der Waals surface area contributed by atoms with E-state index in [9.17, 15) is 9.18 Å². The van der Waals surface area contributed by atoms with Crippen LogP contribution >= 0.6 is 11.6 Å². The number of fused-ring (bicyclic) bond motifs is 1. The largest absolute Gasteiger partial charge is 0.376 e. The molecule has 0 aliphatic heterocycles. The van der Waals surface area contributed by atoms with Crippen LogP contribution in [0.1, 0.15) is 23.6 Å². The number of halogens is 2. The van der Waals surface area contributed by atoms with Crippen molar-refractivity contribution in [2.24, 2.45) is 0 Å². The fourth-order valence-electron chi connectivity index (χ4n) is 3.20. The van der Waals surface area contributed by atoms with Crippen molar-refractivity contribution in [3.05, 3.63) is 87.0 Å². The van der Waals surface area contributed by atoms with Crippen LogP contribution in [0, 0.1) is 5.82 Å². The van der Waals surface area contributed by atoms with Crippen molar-refractivity contribution in [2.75, 3.05) is 5.32 Å². The van der Waals surface area contributed by atoms with E-state index in [1.807, 2.05) is 18.2 Å². The lowest BCUT2D eigenvalue weighted by Gasteiger charge is -2.17. The van der Waals surface area contributed by atoms with Gasteiger partial charge in [0.05, 0.1) is 23.6 Å². The van der Waals surface area contributed by atoms with Crippen LogP contribution < -0.4 is 10.9 Å². The molecule has 4 rings (SSSR count). The number of nitrogens with zero attached hydrogens (tertiary/aromatic N) is 2. The quantitative estimate of drug-likeness (QED) is 0.768. The first-order valence-corrected chi connectivity index (χ1v) is 8.39. The maximum Gasteiger partial charge on any atom is 0.292 e. The maximum absolute atomic E-state index is 13.5. The molecule has 0 saturated carbocycles. The van der Waals surface area contributed by atoms with Gasteiger partial charge in [-0.25, -0.2) is 4.39 Å². The fourth-order valence-corrected chi connectivity index (χ4v) is 3.38. The Morgan fingerprint density at radius 3 is 2.80 bits per heavy atom. The van der Waals surface area contributed by atoms with Gasteiger partial charge in [-0.2, -0.15) is 9.78 Å². The highest BCUT2D eigenvalue weighted by atomic mass is 35.5. The second-order valence-corrected chi connectivity index (χ2v) is 6.38. The van der Waals surface area contributed by atoms with Crippen molar-refractivity contribution in [1.82, 2.24) is 9.78 Å². The lowest BCUT2D eigenvalue weighted by Crippen LogP contribution is -2.23. The summed E-state index contributed by atoms with van der Waals surface area (Å²) in [6.07, 6.45) is 3.21. The molecular weight excluding hydrogens is 341 g/mol. The summed E-state index contributed by atoms with van der Waals surface area (Å²) in [6.45, 7) is 0. The number of nitrogens with one attached hydrogen (secondary N) is 1. The molecule has 2 aromatic carbocycles. The Morgan fingerprint density at radius 1 is 1.20 bits per heavy atom. The molecule has 1 heterocycles. The van der Waals surface area contributed by atoms with Crippen molar-refractivity contribution >= 4 is 17.3 Å². The number of aromatic nitrogens is 2. The average molecular weight is 356 g/mol. The Kier molecular flexibility index (Phi) is 4.01. The van der Waals surface area contributed by atoms with Gasteiger partial charge in [0, 0.05) is 0 Å². The number of para-hydroxylation sites is 1. The smallest absolute Gasteiger partial charge is 0.292 e. The SMILES string of the molecule is O=c1c(Cl)c(NC2CCc3ccc(F)cc32)cnn1-c1ccccc1. The number of aryl methyl sites for hydroxylation is 1. The predicted octanol–water partition coefficient (Wildman–Crippen LogP) is 4.12. The van der Waals surface area contributed by atoms with E-state index in [1.54, 1.807) is 18.2 Å². The monoisotopic (exact) mass is 355 g/mol. The normalized spacial score (nSPS) is 15.8. The Labute approximate surface area is 148 Å². The molecule has 0 bridgehead atoms. The van der Waals surface area contributed by atoms with Gasteiger partial charge >= 0.3 is 0 Å². The summed E-state index contributed by atoms with van der Waals surface area (Å²) in [4.78, 5) is 12.5. The highest BCUT2D eigenvalue weighted by molar-refractivity contribution is 6.33. The van der Waals surface area contributed by atoms with E-state index >= 15 is 0 Å². The fraction of sp³-hybridized carbons (Fsp3) is 0.158. The van der Waals surface area contributed by atoms with E-state index in [0.29, 0.717) is 11.4 Å². The third kappa shape index (κ3) is 2.91. The molecule has 0 radical (unpaired) electrons. The molecule has 1 aliphatic rings. The van der Waals surface area contributed by atoms with E-state index in [0.717, 1.165) is 24.0 Å². The number of hydrogen-bond donors (Lipinski definition) is 1. The second kappa shape index (κ2) is 6.33. The lowest BCUT2D eigenvalue weighted by molar-refractivity contribution is 0.624. The summed E-state index contributed by atoms with van der Waals surface area (Å²) in [7, 11) is 0. The first-order valence-electron chi connectivity index (χ1n) is 8.01. The second-order valence-electron chi connectivity index (χ2n) is 6.00. The highest BCUT2D eigenvalue weighted by Crippen LogP contribution is 2.35. The van der Waals surface area contributed by atoms with Crippen molar-refractivity contribution in [3.63, 3.8) is 0 Å². The zero-order valence-electron chi connectivity index (χ0n) is 13.2. The number of hydrogen-bond acceptors (Lipinski definition) is 3. The van der Waals surface area contributed by atoms with Gasteiger partial charge in [-0.15, -0.1) is 0 Å². The van der Waals surface area contributed by atoms with Crippen LogP contribution in [0.2, 0.25) is 5.02 Å². The van der Waals surface area contributed by atoms with Gasteiger partial charge in [0.15, 0.2) is 0 Å². The van der Waals surface area contributed by atoms with E-state index in [-0.39, 0.29) is 16.9 Å². The lowest BCUT2D eigenvalue weighted by atomic mass is 10.1. The van der Waals surface area contributed by atoms with Crippen LogP contribution in [0.3, 0.4) is 0 Å². The molecule has 1 unspecified atom stereocenters. The number of rotatable bonds is 3. The van der Waals surface area contributed by atoms with Crippen LogP contribution in [-0.4, -0.2) is 9.78 Å². The molecule has 4 nitrogen and oxygen atoms in total. The number of benzene rings is 2. The molecule has 0 amide bonds. The van der Waals surface area contributed by atoms with Gasteiger partial charge < -0.3 is 5.32 Å². The van der Waals surface area contributed by atoms with Gasteiger partial charge in [0.25, 0.3) is 5.56 Å². The molecular formula is C19H15ClFN3O. The first-order chi connectivity index (χ1) is 12.1. The summed E-state index contributed by atoms with van der Waals surface area (Å²) in [5, 5.41) is 7.52. The summed E-state index contributed by atoms with van der Waals surface area (Å²) >= 11 is 6.28. The average Bonchev–Trinajstić information content (AvgIpc) is 3.02. The molecule has 6 heteroatoms. The zero-order valence-corrected chi connectivity index (χ0v) is 14.0. The molecule has 3 aromatic rings. The van der Waals surface area contributed by atoms with Crippen LogP contribution in [0.15, 0.2) is 59.5 Å². The molecule has 0 fully saturated rings. The summed E-state index contributed by atoms with van der Waals surface area (Å²) in [6, 6.07) is 13.8. The Morgan fingerprint density at radius 2 is 2.00 bits per heavy atom. The molecule has 0 spiro atoms. The molecule has 1 aliphatic carbocycles. The third-order valence-electron chi connectivity index (χ3n) is 4.44. The molecule has 25 heavy (non-hydrogen) atoms. The van der Waals surface area contributed by atoms with Crippen molar-refractivity contribution in [3.8, 4) is 5.69 Å². The molecule has 1 N–H and O–H groups in total. The number of anilines is 1. The molecule has 1 aromatic heterocycles. The molecule has 0 saturated heterocycles. The van der Waals surface area contributed by atoms with Crippen molar-refractivity contribution < 1.29 is 4.39 Å². The van der Waals surface area contributed by atoms with E-state index in [2.05, 4.69) is 10.4 Å². The van der Waals surface area contributed by atoms with Gasteiger partial charge in [-0.1, -0.05) is 35.9 Å². The van der Waals surface area contributed by atoms with Gasteiger partial charge in [-0.05, 0) is 48.2 Å². The van der Waals surface area contributed by atoms with E-state index < -0.39 is 5.56 Å².